The van der Waals surface area contributed by atoms with Crippen molar-refractivity contribution in [3.05, 3.63) is 90.0 Å². The molecule has 0 fully saturated rings. The quantitative estimate of drug-likeness (QED) is 0.435. The fraction of sp³-hybridized carbons (Fsp3) is 0.231. The Balaban J connectivity index is 1.42. The lowest BCUT2D eigenvalue weighted by Crippen LogP contribution is -2.23. The third-order valence-corrected chi connectivity index (χ3v) is 4.62. The number of amides is 2. The van der Waals surface area contributed by atoms with Gasteiger partial charge < -0.3 is 20.7 Å². The Hall–Kier alpha value is -3.80. The maximum Gasteiger partial charge on any atom is 0.251 e. The molecule has 0 aromatic heterocycles. The van der Waals surface area contributed by atoms with Crippen LogP contribution in [-0.4, -0.2) is 25.0 Å². The fourth-order valence-electron chi connectivity index (χ4n) is 2.90. The van der Waals surface area contributed by atoms with Gasteiger partial charge in [-0.3, -0.25) is 9.59 Å². The van der Waals surface area contributed by atoms with Crippen LogP contribution in [0, 0.1) is 5.92 Å². The Morgan fingerprint density at radius 3 is 2.16 bits per heavy atom. The van der Waals surface area contributed by atoms with Crippen LogP contribution in [0.4, 0.5) is 11.4 Å². The van der Waals surface area contributed by atoms with Crippen LogP contribution in [0.5, 0.6) is 5.75 Å². The molecular formula is C26H29N3O3. The minimum atomic E-state index is -0.162. The first kappa shape index (κ1) is 22.9. The minimum Gasteiger partial charge on any atom is -0.493 e. The molecule has 3 rings (SSSR count). The largest absolute Gasteiger partial charge is 0.493 e. The molecule has 0 aliphatic heterocycles. The van der Waals surface area contributed by atoms with Crippen molar-refractivity contribution in [3.8, 4) is 5.75 Å². The van der Waals surface area contributed by atoms with E-state index < -0.39 is 0 Å². The van der Waals surface area contributed by atoms with Crippen LogP contribution in [0.2, 0.25) is 0 Å². The van der Waals surface area contributed by atoms with E-state index in [0.29, 0.717) is 30.3 Å². The SMILES string of the molecule is CC(C)COc1ccc(NC(=O)CNc2ccc(C(=O)NCc3ccccc3)cc2)cc1. The van der Waals surface area contributed by atoms with Crippen molar-refractivity contribution in [2.24, 2.45) is 5.92 Å². The summed E-state index contributed by atoms with van der Waals surface area (Å²) in [5, 5.41) is 8.81. The third-order valence-electron chi connectivity index (χ3n) is 4.62. The molecule has 0 heterocycles. The van der Waals surface area contributed by atoms with Gasteiger partial charge in [-0.1, -0.05) is 44.2 Å². The summed E-state index contributed by atoms with van der Waals surface area (Å²) in [5.74, 6) is 0.936. The molecule has 6 heteroatoms. The van der Waals surface area contributed by atoms with Gasteiger partial charge in [-0.15, -0.1) is 0 Å². The number of anilines is 2. The normalized spacial score (nSPS) is 10.5. The molecule has 0 aliphatic carbocycles. The lowest BCUT2D eigenvalue weighted by atomic mass is 10.1. The van der Waals surface area contributed by atoms with Crippen molar-refractivity contribution >= 4 is 23.2 Å². The zero-order valence-corrected chi connectivity index (χ0v) is 18.4. The lowest BCUT2D eigenvalue weighted by Gasteiger charge is -2.11. The summed E-state index contributed by atoms with van der Waals surface area (Å²) >= 11 is 0. The zero-order chi connectivity index (χ0) is 22.8. The molecule has 0 aliphatic rings. The minimum absolute atomic E-state index is 0.116. The molecular weight excluding hydrogens is 402 g/mol. The monoisotopic (exact) mass is 431 g/mol. The summed E-state index contributed by atoms with van der Waals surface area (Å²) in [4.78, 5) is 24.5. The number of benzene rings is 3. The standard InChI is InChI=1S/C26H29N3O3/c1-19(2)18-32-24-14-12-23(13-15-24)29-25(30)17-27-22-10-8-21(9-11-22)26(31)28-16-20-6-4-3-5-7-20/h3-15,19,27H,16-18H2,1-2H3,(H,28,31)(H,29,30). The number of hydrogen-bond donors (Lipinski definition) is 3. The average molecular weight is 432 g/mol. The summed E-state index contributed by atoms with van der Waals surface area (Å²) in [7, 11) is 0. The molecule has 0 saturated heterocycles. The highest BCUT2D eigenvalue weighted by molar-refractivity contribution is 5.95. The molecule has 3 aromatic carbocycles. The number of ether oxygens (including phenoxy) is 1. The first-order valence-corrected chi connectivity index (χ1v) is 10.7. The van der Waals surface area contributed by atoms with Gasteiger partial charge in [0.05, 0.1) is 13.2 Å². The molecule has 0 radical (unpaired) electrons. The van der Waals surface area contributed by atoms with Gasteiger partial charge in [-0.05, 0) is 60.0 Å². The second kappa shape index (κ2) is 11.6. The van der Waals surface area contributed by atoms with E-state index in [-0.39, 0.29) is 18.4 Å². The first-order valence-electron chi connectivity index (χ1n) is 10.7. The van der Waals surface area contributed by atoms with E-state index in [1.165, 1.54) is 0 Å². The molecule has 0 bridgehead atoms. The Bertz CT molecular complexity index is 1000. The fourth-order valence-corrected chi connectivity index (χ4v) is 2.90. The van der Waals surface area contributed by atoms with E-state index >= 15 is 0 Å². The van der Waals surface area contributed by atoms with Crippen molar-refractivity contribution in [1.29, 1.82) is 0 Å². The van der Waals surface area contributed by atoms with Gasteiger partial charge in [0.1, 0.15) is 5.75 Å². The van der Waals surface area contributed by atoms with E-state index in [1.54, 1.807) is 24.3 Å². The Labute approximate surface area is 189 Å². The molecule has 0 unspecified atom stereocenters. The summed E-state index contributed by atoms with van der Waals surface area (Å²) < 4.78 is 5.64. The van der Waals surface area contributed by atoms with E-state index in [9.17, 15) is 9.59 Å². The van der Waals surface area contributed by atoms with E-state index in [4.69, 9.17) is 4.74 Å². The van der Waals surface area contributed by atoms with Crippen LogP contribution in [-0.2, 0) is 11.3 Å². The smallest absolute Gasteiger partial charge is 0.251 e. The number of hydrogen-bond acceptors (Lipinski definition) is 4. The zero-order valence-electron chi connectivity index (χ0n) is 18.4. The number of nitrogens with one attached hydrogen (secondary N) is 3. The summed E-state index contributed by atoms with van der Waals surface area (Å²) in [5.41, 5.74) is 3.08. The van der Waals surface area contributed by atoms with Crippen LogP contribution in [0.3, 0.4) is 0 Å². The van der Waals surface area contributed by atoms with Crippen LogP contribution in [0.15, 0.2) is 78.9 Å². The van der Waals surface area contributed by atoms with Gasteiger partial charge in [0.15, 0.2) is 0 Å². The predicted molar refractivity (Wildman–Crippen MR) is 128 cm³/mol. The highest BCUT2D eigenvalue weighted by atomic mass is 16.5. The Kier molecular flexibility index (Phi) is 8.26. The highest BCUT2D eigenvalue weighted by Gasteiger charge is 2.07. The summed E-state index contributed by atoms with van der Waals surface area (Å²) in [6.45, 7) is 5.44. The topological polar surface area (TPSA) is 79.5 Å². The van der Waals surface area contributed by atoms with Gasteiger partial charge in [0.2, 0.25) is 5.91 Å². The molecule has 6 nitrogen and oxygen atoms in total. The van der Waals surface area contributed by atoms with Crippen LogP contribution in [0.1, 0.15) is 29.8 Å². The van der Waals surface area contributed by atoms with Crippen molar-refractivity contribution in [3.63, 3.8) is 0 Å². The van der Waals surface area contributed by atoms with Crippen molar-refractivity contribution < 1.29 is 14.3 Å². The lowest BCUT2D eigenvalue weighted by molar-refractivity contribution is -0.114. The molecule has 0 spiro atoms. The van der Waals surface area contributed by atoms with E-state index in [2.05, 4.69) is 29.8 Å². The van der Waals surface area contributed by atoms with E-state index in [1.807, 2.05) is 54.6 Å². The first-order chi connectivity index (χ1) is 15.5. The molecule has 0 atom stereocenters. The van der Waals surface area contributed by atoms with Crippen LogP contribution < -0.4 is 20.7 Å². The molecule has 3 aromatic rings. The summed E-state index contributed by atoms with van der Waals surface area (Å²) in [6, 6.07) is 24.1. The maximum absolute atomic E-state index is 12.3. The molecule has 32 heavy (non-hydrogen) atoms. The van der Waals surface area contributed by atoms with Crippen molar-refractivity contribution in [2.75, 3.05) is 23.8 Å². The number of carbonyl (C=O) groups is 2. The van der Waals surface area contributed by atoms with E-state index in [0.717, 1.165) is 17.0 Å². The molecule has 3 N–H and O–H groups in total. The van der Waals surface area contributed by atoms with Crippen molar-refractivity contribution in [2.45, 2.75) is 20.4 Å². The molecule has 0 saturated carbocycles. The van der Waals surface area contributed by atoms with Crippen LogP contribution in [0.25, 0.3) is 0 Å². The second-order valence-corrected chi connectivity index (χ2v) is 7.88. The van der Waals surface area contributed by atoms with Gasteiger partial charge in [-0.2, -0.15) is 0 Å². The molecule has 2 amide bonds. The highest BCUT2D eigenvalue weighted by Crippen LogP contribution is 2.16. The Morgan fingerprint density at radius 2 is 1.50 bits per heavy atom. The molecule has 166 valence electrons. The van der Waals surface area contributed by atoms with Gasteiger partial charge in [-0.25, -0.2) is 0 Å². The van der Waals surface area contributed by atoms with Gasteiger partial charge in [0, 0.05) is 23.5 Å². The number of rotatable bonds is 10. The maximum atomic E-state index is 12.3. The third kappa shape index (κ3) is 7.47. The van der Waals surface area contributed by atoms with Crippen molar-refractivity contribution in [1.82, 2.24) is 5.32 Å². The number of carbonyl (C=O) groups excluding carboxylic acids is 2. The summed E-state index contributed by atoms with van der Waals surface area (Å²) in [6.07, 6.45) is 0. The predicted octanol–water partition coefficient (Wildman–Crippen LogP) is 4.70. The van der Waals surface area contributed by atoms with Crippen LogP contribution >= 0.6 is 0 Å². The second-order valence-electron chi connectivity index (χ2n) is 7.88. The average Bonchev–Trinajstić information content (AvgIpc) is 2.82. The van der Waals surface area contributed by atoms with Gasteiger partial charge >= 0.3 is 0 Å². The Morgan fingerprint density at radius 1 is 0.844 bits per heavy atom. The van der Waals surface area contributed by atoms with Gasteiger partial charge in [0.25, 0.3) is 5.91 Å².